The highest BCUT2D eigenvalue weighted by atomic mass is 15.1. The molecule has 1 aliphatic rings. The van der Waals surface area contributed by atoms with E-state index in [4.69, 9.17) is 5.73 Å². The summed E-state index contributed by atoms with van der Waals surface area (Å²) in [4.78, 5) is 0. The number of hydrogen-bond acceptors (Lipinski definition) is 2. The molecule has 3 heteroatoms. The summed E-state index contributed by atoms with van der Waals surface area (Å²) >= 11 is 0. The molecule has 1 saturated carbocycles. The van der Waals surface area contributed by atoms with Crippen LogP contribution in [0.3, 0.4) is 0 Å². The van der Waals surface area contributed by atoms with E-state index < -0.39 is 0 Å². The van der Waals surface area contributed by atoms with E-state index in [-0.39, 0.29) is 0 Å². The molecule has 0 unspecified atom stereocenters. The normalized spacial score (nSPS) is 17.3. The Balaban J connectivity index is 2.16. The lowest BCUT2D eigenvalue weighted by molar-refractivity contribution is 0.697. The number of nitrogens with one attached hydrogen (secondary N) is 1. The van der Waals surface area contributed by atoms with E-state index in [1.807, 2.05) is 6.07 Å². The fraction of sp³-hybridized carbons (Fsp3) is 0.462. The minimum atomic E-state index is 0.594. The molecule has 3 N–H and O–H groups in total. The molecule has 0 radical (unpaired) electrons. The van der Waals surface area contributed by atoms with Crippen LogP contribution in [0.5, 0.6) is 0 Å². The van der Waals surface area contributed by atoms with Crippen molar-refractivity contribution in [2.75, 3.05) is 0 Å². The van der Waals surface area contributed by atoms with Crippen molar-refractivity contribution >= 4 is 10.9 Å². The first-order valence-electron chi connectivity index (χ1n) is 6.06. The summed E-state index contributed by atoms with van der Waals surface area (Å²) in [5.74, 6) is 0.665. The Hall–Kier alpha value is -1.35. The van der Waals surface area contributed by atoms with Crippen LogP contribution in [0.15, 0.2) is 18.2 Å². The third-order valence-electron chi connectivity index (χ3n) is 3.68. The number of fused-ring (bicyclic) bond motifs is 1. The van der Waals surface area contributed by atoms with Gasteiger partial charge >= 0.3 is 0 Å². The van der Waals surface area contributed by atoms with Crippen LogP contribution in [0.4, 0.5) is 0 Å². The molecule has 1 heterocycles. The topological polar surface area (TPSA) is 54.7 Å². The van der Waals surface area contributed by atoms with Crippen LogP contribution in [0, 0.1) is 0 Å². The summed E-state index contributed by atoms with van der Waals surface area (Å²) in [5.41, 5.74) is 9.39. The van der Waals surface area contributed by atoms with Crippen molar-refractivity contribution < 1.29 is 0 Å². The molecule has 2 aromatic rings. The van der Waals surface area contributed by atoms with Gasteiger partial charge in [-0.25, -0.2) is 0 Å². The summed E-state index contributed by atoms with van der Waals surface area (Å²) in [6, 6.07) is 6.20. The Morgan fingerprint density at radius 1 is 1.31 bits per heavy atom. The quantitative estimate of drug-likeness (QED) is 0.809. The van der Waals surface area contributed by atoms with Gasteiger partial charge in [-0.1, -0.05) is 25.0 Å². The van der Waals surface area contributed by atoms with Crippen LogP contribution >= 0.6 is 0 Å². The predicted molar refractivity (Wildman–Crippen MR) is 65.2 cm³/mol. The highest BCUT2D eigenvalue weighted by Gasteiger charge is 2.22. The summed E-state index contributed by atoms with van der Waals surface area (Å²) in [6.45, 7) is 0.594. The van der Waals surface area contributed by atoms with Crippen molar-refractivity contribution in [1.29, 1.82) is 0 Å². The van der Waals surface area contributed by atoms with E-state index in [0.717, 1.165) is 5.52 Å². The van der Waals surface area contributed by atoms with E-state index in [1.165, 1.54) is 42.3 Å². The lowest BCUT2D eigenvalue weighted by Crippen LogP contribution is -2.00. The molecule has 0 atom stereocenters. The molecule has 84 valence electrons. The van der Waals surface area contributed by atoms with E-state index >= 15 is 0 Å². The van der Waals surface area contributed by atoms with Crippen molar-refractivity contribution in [2.45, 2.75) is 38.1 Å². The van der Waals surface area contributed by atoms with Crippen LogP contribution < -0.4 is 5.73 Å². The van der Waals surface area contributed by atoms with Gasteiger partial charge in [-0.15, -0.1) is 0 Å². The van der Waals surface area contributed by atoms with Crippen LogP contribution in [-0.2, 0) is 6.54 Å². The third-order valence-corrected chi connectivity index (χ3v) is 3.68. The van der Waals surface area contributed by atoms with E-state index in [2.05, 4.69) is 22.3 Å². The van der Waals surface area contributed by atoms with Crippen LogP contribution in [-0.4, -0.2) is 10.2 Å². The van der Waals surface area contributed by atoms with Gasteiger partial charge in [0.15, 0.2) is 0 Å². The first-order valence-corrected chi connectivity index (χ1v) is 6.06. The van der Waals surface area contributed by atoms with Gasteiger partial charge in [0.05, 0.1) is 5.52 Å². The van der Waals surface area contributed by atoms with Gasteiger partial charge in [0, 0.05) is 23.5 Å². The Morgan fingerprint density at radius 2 is 2.12 bits per heavy atom. The standard InChI is InChI=1S/C13H17N3/c14-8-10-6-3-7-11-12(10)13(16-15-11)9-4-1-2-5-9/h3,6-7,9H,1-2,4-5,8,14H2,(H,15,16). The minimum Gasteiger partial charge on any atom is -0.326 e. The molecule has 0 spiro atoms. The first kappa shape index (κ1) is 9.85. The lowest BCUT2D eigenvalue weighted by Gasteiger charge is -2.08. The molecule has 1 aromatic heterocycles. The molecular weight excluding hydrogens is 198 g/mol. The van der Waals surface area contributed by atoms with Gasteiger partial charge in [-0.2, -0.15) is 5.10 Å². The molecule has 1 aliphatic carbocycles. The monoisotopic (exact) mass is 215 g/mol. The predicted octanol–water partition coefficient (Wildman–Crippen LogP) is 2.68. The number of nitrogens with zero attached hydrogens (tertiary/aromatic N) is 1. The van der Waals surface area contributed by atoms with Crippen molar-refractivity contribution in [1.82, 2.24) is 10.2 Å². The molecule has 3 rings (SSSR count). The highest BCUT2D eigenvalue weighted by Crippen LogP contribution is 2.37. The number of aromatic nitrogens is 2. The van der Waals surface area contributed by atoms with Crippen molar-refractivity contribution in [3.8, 4) is 0 Å². The van der Waals surface area contributed by atoms with Crippen molar-refractivity contribution in [3.05, 3.63) is 29.5 Å². The average Bonchev–Trinajstić information content (AvgIpc) is 2.96. The van der Waals surface area contributed by atoms with Gasteiger partial charge < -0.3 is 5.73 Å². The molecule has 0 bridgehead atoms. The Bertz CT molecular complexity index is 495. The van der Waals surface area contributed by atoms with Crippen molar-refractivity contribution in [3.63, 3.8) is 0 Å². The van der Waals surface area contributed by atoms with Gasteiger partial charge in [-0.05, 0) is 24.5 Å². The molecule has 1 fully saturated rings. The van der Waals surface area contributed by atoms with Gasteiger partial charge in [-0.3, -0.25) is 5.10 Å². The number of H-pyrrole nitrogens is 1. The largest absolute Gasteiger partial charge is 0.326 e. The zero-order chi connectivity index (χ0) is 11.0. The molecule has 0 saturated heterocycles. The van der Waals surface area contributed by atoms with E-state index in [1.54, 1.807) is 0 Å². The number of hydrogen-bond donors (Lipinski definition) is 2. The summed E-state index contributed by atoms with van der Waals surface area (Å²) in [6.07, 6.45) is 5.26. The minimum absolute atomic E-state index is 0.594. The van der Waals surface area contributed by atoms with Gasteiger partial charge in [0.2, 0.25) is 0 Å². The van der Waals surface area contributed by atoms with Gasteiger partial charge in [0.1, 0.15) is 0 Å². The third kappa shape index (κ3) is 1.43. The van der Waals surface area contributed by atoms with E-state index in [0.29, 0.717) is 12.5 Å². The second-order valence-electron chi connectivity index (χ2n) is 4.63. The fourth-order valence-corrected chi connectivity index (χ4v) is 2.85. The Labute approximate surface area is 95.0 Å². The number of rotatable bonds is 2. The molecular formula is C13H17N3. The van der Waals surface area contributed by atoms with Crippen LogP contribution in [0.25, 0.3) is 10.9 Å². The number of aromatic amines is 1. The Morgan fingerprint density at radius 3 is 2.88 bits per heavy atom. The molecule has 1 aromatic carbocycles. The van der Waals surface area contributed by atoms with Gasteiger partial charge in [0.25, 0.3) is 0 Å². The smallest absolute Gasteiger partial charge is 0.0927 e. The van der Waals surface area contributed by atoms with Crippen LogP contribution in [0.2, 0.25) is 0 Å². The Kier molecular flexibility index (Phi) is 2.40. The second kappa shape index (κ2) is 3.91. The SMILES string of the molecule is NCc1cccc2n[nH]c(C3CCCC3)c12. The van der Waals surface area contributed by atoms with Crippen molar-refractivity contribution in [2.24, 2.45) is 5.73 Å². The number of benzene rings is 1. The summed E-state index contributed by atoms with van der Waals surface area (Å²) in [7, 11) is 0. The molecule has 16 heavy (non-hydrogen) atoms. The average molecular weight is 215 g/mol. The molecule has 0 amide bonds. The fourth-order valence-electron chi connectivity index (χ4n) is 2.85. The maximum absolute atomic E-state index is 5.80. The summed E-state index contributed by atoms with van der Waals surface area (Å²) < 4.78 is 0. The maximum Gasteiger partial charge on any atom is 0.0927 e. The summed E-state index contributed by atoms with van der Waals surface area (Å²) in [5, 5.41) is 8.89. The number of nitrogens with two attached hydrogens (primary N) is 1. The molecule has 3 nitrogen and oxygen atoms in total. The molecule has 0 aliphatic heterocycles. The lowest BCUT2D eigenvalue weighted by atomic mass is 9.97. The van der Waals surface area contributed by atoms with Crippen LogP contribution in [0.1, 0.15) is 42.9 Å². The second-order valence-corrected chi connectivity index (χ2v) is 4.63. The zero-order valence-corrected chi connectivity index (χ0v) is 9.37. The van der Waals surface area contributed by atoms with E-state index in [9.17, 15) is 0 Å². The zero-order valence-electron chi connectivity index (χ0n) is 9.37. The first-order chi connectivity index (χ1) is 7.90. The maximum atomic E-state index is 5.80. The highest BCUT2D eigenvalue weighted by molar-refractivity contribution is 5.85.